The fourth-order valence-electron chi connectivity index (χ4n) is 6.57. The Labute approximate surface area is 230 Å². The van der Waals surface area contributed by atoms with Crippen LogP contribution in [0.2, 0.25) is 0 Å². The predicted molar refractivity (Wildman–Crippen MR) is 156 cm³/mol. The van der Waals surface area contributed by atoms with Crippen molar-refractivity contribution >= 4 is 29.2 Å². The second-order valence-electron chi connectivity index (χ2n) is 14.5. The first-order valence-electron chi connectivity index (χ1n) is 14.5. The van der Waals surface area contributed by atoms with Gasteiger partial charge >= 0.3 is 5.97 Å². The number of nitrogens with two attached hydrogens (primary N) is 1. The third-order valence-corrected chi connectivity index (χ3v) is 9.07. The van der Waals surface area contributed by atoms with Crippen LogP contribution in [0.3, 0.4) is 0 Å². The molecule has 3 rings (SSSR count). The standard InChI is InChI=1S/C31H52ClN3O2/c1-18(2)14-25(33)35-28-26(22(17-34-28)20-10-12-21(32)13-11-20)29(36)37-27-23(30(4,5)6)15-19(3)16-24(27)31(7,8)9/h17-21,23-24,27,34H,10-16H2,1-9H3,(H2,33,35). The molecule has 2 fully saturated rings. The van der Waals surface area contributed by atoms with Gasteiger partial charge in [-0.2, -0.15) is 0 Å². The van der Waals surface area contributed by atoms with Crippen molar-refractivity contribution in [3.8, 4) is 0 Å². The molecule has 0 spiro atoms. The molecule has 1 aromatic heterocycles. The highest BCUT2D eigenvalue weighted by atomic mass is 35.5. The molecule has 0 saturated heterocycles. The normalized spacial score (nSPS) is 30.0. The van der Waals surface area contributed by atoms with E-state index >= 15 is 0 Å². The summed E-state index contributed by atoms with van der Waals surface area (Å²) in [6, 6.07) is 0. The van der Waals surface area contributed by atoms with Gasteiger partial charge in [-0.15, -0.1) is 11.6 Å². The van der Waals surface area contributed by atoms with E-state index < -0.39 is 0 Å². The summed E-state index contributed by atoms with van der Waals surface area (Å²) < 4.78 is 6.62. The minimum absolute atomic E-state index is 0.0332. The Morgan fingerprint density at radius 3 is 2.11 bits per heavy atom. The highest BCUT2D eigenvalue weighted by molar-refractivity contribution is 6.20. The van der Waals surface area contributed by atoms with Crippen LogP contribution in [-0.4, -0.2) is 28.3 Å². The van der Waals surface area contributed by atoms with Gasteiger partial charge in [0.15, 0.2) is 0 Å². The second kappa shape index (κ2) is 11.7. The van der Waals surface area contributed by atoms with Crippen LogP contribution in [0.4, 0.5) is 5.82 Å². The molecule has 0 bridgehead atoms. The van der Waals surface area contributed by atoms with Crippen molar-refractivity contribution in [2.75, 3.05) is 0 Å². The van der Waals surface area contributed by atoms with Crippen molar-refractivity contribution in [1.29, 1.82) is 0 Å². The Morgan fingerprint density at radius 1 is 1.08 bits per heavy atom. The van der Waals surface area contributed by atoms with Gasteiger partial charge in [0.2, 0.25) is 0 Å². The molecule has 2 aliphatic rings. The lowest BCUT2D eigenvalue weighted by atomic mass is 9.59. The zero-order valence-electron chi connectivity index (χ0n) is 24.8. The third-order valence-electron chi connectivity index (χ3n) is 8.64. The number of nitrogens with zero attached hydrogens (tertiary/aromatic N) is 1. The summed E-state index contributed by atoms with van der Waals surface area (Å²) in [6.07, 6.45) is 8.48. The summed E-state index contributed by atoms with van der Waals surface area (Å²) in [7, 11) is 0. The number of aromatic nitrogens is 1. The summed E-state index contributed by atoms with van der Waals surface area (Å²) in [6.45, 7) is 20.3. The molecular weight excluding hydrogens is 482 g/mol. The van der Waals surface area contributed by atoms with Crippen LogP contribution >= 0.6 is 11.6 Å². The highest BCUT2D eigenvalue weighted by Gasteiger charge is 2.48. The first-order chi connectivity index (χ1) is 17.1. The Kier molecular flexibility index (Phi) is 9.52. The summed E-state index contributed by atoms with van der Waals surface area (Å²) >= 11 is 6.41. The number of hydrogen-bond donors (Lipinski definition) is 2. The van der Waals surface area contributed by atoms with E-state index in [1.165, 1.54) is 0 Å². The zero-order valence-corrected chi connectivity index (χ0v) is 25.5. The molecule has 210 valence electrons. The molecule has 0 amide bonds. The second-order valence-corrected chi connectivity index (χ2v) is 15.1. The highest BCUT2D eigenvalue weighted by Crippen LogP contribution is 2.50. The van der Waals surface area contributed by atoms with Gasteiger partial charge in [-0.1, -0.05) is 62.3 Å². The number of carbonyl (C=O) groups is 1. The lowest BCUT2D eigenvalue weighted by Crippen LogP contribution is -2.49. The molecule has 2 saturated carbocycles. The molecule has 0 aromatic carbocycles. The minimum Gasteiger partial charge on any atom is -0.458 e. The van der Waals surface area contributed by atoms with Crippen LogP contribution in [-0.2, 0) is 4.74 Å². The lowest BCUT2D eigenvalue weighted by Gasteiger charge is -2.50. The number of aromatic amines is 1. The topological polar surface area (TPSA) is 80.5 Å². The fraction of sp³-hybridized carbons (Fsp3) is 0.806. The summed E-state index contributed by atoms with van der Waals surface area (Å²) in [5.74, 6) is 2.65. The van der Waals surface area contributed by atoms with Gasteiger partial charge < -0.3 is 15.5 Å². The van der Waals surface area contributed by atoms with Crippen LogP contribution in [0.25, 0.3) is 0 Å². The van der Waals surface area contributed by atoms with Crippen LogP contribution < -0.4 is 5.73 Å². The maximum absolute atomic E-state index is 14.2. The number of hydrogen-bond acceptors (Lipinski definition) is 3. The number of alkyl halides is 1. The molecule has 3 N–H and O–H groups in total. The number of nitrogens with one attached hydrogen (secondary N) is 1. The first kappa shape index (κ1) is 30.1. The number of esters is 1. The molecule has 1 aromatic rings. The average Bonchev–Trinajstić information content (AvgIpc) is 3.16. The van der Waals surface area contributed by atoms with Gasteiger partial charge in [0.05, 0.1) is 0 Å². The van der Waals surface area contributed by atoms with Crippen molar-refractivity contribution < 1.29 is 9.53 Å². The maximum Gasteiger partial charge on any atom is 0.342 e. The molecule has 1 heterocycles. The van der Waals surface area contributed by atoms with Crippen LogP contribution in [0, 0.1) is 34.5 Å². The van der Waals surface area contributed by atoms with E-state index in [1.807, 2.05) is 6.20 Å². The van der Waals surface area contributed by atoms with E-state index in [1.54, 1.807) is 0 Å². The molecule has 2 atom stereocenters. The van der Waals surface area contributed by atoms with E-state index in [0.717, 1.165) is 44.1 Å². The van der Waals surface area contributed by atoms with Crippen LogP contribution in [0.5, 0.6) is 0 Å². The number of rotatable bonds is 6. The Bertz CT molecular complexity index is 921. The molecule has 6 heteroatoms. The Balaban J connectivity index is 2.02. The first-order valence-corrected chi connectivity index (χ1v) is 14.9. The fourth-order valence-corrected chi connectivity index (χ4v) is 6.83. The number of carbonyl (C=O) groups excluding carboxylic acids is 1. The van der Waals surface area contributed by atoms with E-state index in [0.29, 0.717) is 35.5 Å². The predicted octanol–water partition coefficient (Wildman–Crippen LogP) is 8.59. The lowest BCUT2D eigenvalue weighted by molar-refractivity contribution is -0.0923. The number of amidine groups is 1. The molecule has 2 aliphatic carbocycles. The maximum atomic E-state index is 14.2. The number of halogens is 1. The Hall–Kier alpha value is -1.49. The van der Waals surface area contributed by atoms with Gasteiger partial charge in [-0.05, 0) is 72.7 Å². The van der Waals surface area contributed by atoms with Gasteiger partial charge in [-0.25, -0.2) is 9.79 Å². The number of aliphatic imine (C=N–C) groups is 1. The molecule has 0 radical (unpaired) electrons. The minimum atomic E-state index is -0.261. The van der Waals surface area contributed by atoms with Gasteiger partial charge in [0, 0.05) is 29.8 Å². The van der Waals surface area contributed by atoms with Gasteiger partial charge in [0.1, 0.15) is 23.3 Å². The SMILES string of the molecule is CC(C)C/C(N)=N/c1[nH]cc(C2CCC(Cl)CC2)c1C(=O)OC1C(C(C)(C)C)CC(C)CC1C(C)(C)C. The number of ether oxygens (including phenoxy) is 1. The van der Waals surface area contributed by atoms with Crippen LogP contribution in [0.15, 0.2) is 11.2 Å². The van der Waals surface area contributed by atoms with Gasteiger partial charge in [0.25, 0.3) is 0 Å². The molecule has 5 nitrogen and oxygen atoms in total. The smallest absolute Gasteiger partial charge is 0.342 e. The zero-order chi connectivity index (χ0) is 27.7. The summed E-state index contributed by atoms with van der Waals surface area (Å²) in [5.41, 5.74) is 7.95. The monoisotopic (exact) mass is 533 g/mol. The molecular formula is C31H52ClN3O2. The average molecular weight is 534 g/mol. The molecule has 0 aliphatic heterocycles. The third kappa shape index (κ3) is 7.55. The van der Waals surface area contributed by atoms with Crippen molar-refractivity contribution in [2.24, 2.45) is 45.2 Å². The van der Waals surface area contributed by atoms with E-state index in [-0.39, 0.29) is 46.0 Å². The van der Waals surface area contributed by atoms with E-state index in [4.69, 9.17) is 27.1 Å². The van der Waals surface area contributed by atoms with E-state index in [2.05, 4.69) is 67.3 Å². The van der Waals surface area contributed by atoms with Crippen molar-refractivity contribution in [3.05, 3.63) is 17.3 Å². The van der Waals surface area contributed by atoms with E-state index in [9.17, 15) is 4.79 Å². The molecule has 37 heavy (non-hydrogen) atoms. The van der Waals surface area contributed by atoms with Crippen LogP contribution in [0.1, 0.15) is 129 Å². The molecule has 2 unspecified atom stereocenters. The quantitative estimate of drug-likeness (QED) is 0.166. The van der Waals surface area contributed by atoms with Gasteiger partial charge in [-0.3, -0.25) is 0 Å². The van der Waals surface area contributed by atoms with Crippen molar-refractivity contribution in [2.45, 2.75) is 125 Å². The number of H-pyrrole nitrogens is 1. The van der Waals surface area contributed by atoms with Crippen molar-refractivity contribution in [3.63, 3.8) is 0 Å². The largest absolute Gasteiger partial charge is 0.458 e. The summed E-state index contributed by atoms with van der Waals surface area (Å²) in [4.78, 5) is 22.2. The summed E-state index contributed by atoms with van der Waals surface area (Å²) in [5, 5.41) is 0.217. The Morgan fingerprint density at radius 2 is 1.62 bits per heavy atom. The van der Waals surface area contributed by atoms with Crippen molar-refractivity contribution in [1.82, 2.24) is 4.98 Å².